The lowest BCUT2D eigenvalue weighted by molar-refractivity contribution is 0.281. The smallest absolute Gasteiger partial charge is 0.193 e. The minimum Gasteiger partial charge on any atom is -0.492 e. The number of guanidine groups is 1. The molecule has 6 nitrogen and oxygen atoms in total. The Kier molecular flexibility index (Phi) is 10.9. The molecular formula is C20H28IN3O3S. The number of para-hydroxylation sites is 1. The van der Waals surface area contributed by atoms with E-state index in [-0.39, 0.29) is 36.3 Å². The van der Waals surface area contributed by atoms with E-state index >= 15 is 0 Å². The Bertz CT molecular complexity index is 815. The van der Waals surface area contributed by atoms with Crippen LogP contribution >= 0.6 is 24.0 Å². The average Bonchev–Trinajstić information content (AvgIpc) is 2.68. The van der Waals surface area contributed by atoms with Crippen LogP contribution in [0.2, 0.25) is 0 Å². The van der Waals surface area contributed by atoms with Crippen LogP contribution in [0, 0.1) is 0 Å². The molecule has 2 aromatic carbocycles. The molecule has 0 fully saturated rings. The molecule has 154 valence electrons. The van der Waals surface area contributed by atoms with E-state index in [0.717, 1.165) is 5.75 Å². The number of aliphatic imine (C=N–C) groups is 1. The Balaban J connectivity index is 0.00000392. The lowest BCUT2D eigenvalue weighted by Gasteiger charge is -2.22. The molecule has 0 atom stereocenters. The number of benzene rings is 2. The van der Waals surface area contributed by atoms with Crippen LogP contribution in [0.25, 0.3) is 0 Å². The Morgan fingerprint density at radius 1 is 1.07 bits per heavy atom. The third kappa shape index (κ3) is 8.05. The van der Waals surface area contributed by atoms with Gasteiger partial charge in [0.1, 0.15) is 12.4 Å². The summed E-state index contributed by atoms with van der Waals surface area (Å²) in [6, 6.07) is 18.1. The minimum atomic E-state index is -3.33. The first-order valence-corrected chi connectivity index (χ1v) is 10.6. The van der Waals surface area contributed by atoms with Crippen LogP contribution in [-0.2, 0) is 9.84 Å². The van der Waals surface area contributed by atoms with E-state index < -0.39 is 9.84 Å². The summed E-state index contributed by atoms with van der Waals surface area (Å²) in [6.07, 6.45) is 0. The summed E-state index contributed by atoms with van der Waals surface area (Å²) < 4.78 is 30.4. The largest absolute Gasteiger partial charge is 0.492 e. The predicted molar refractivity (Wildman–Crippen MR) is 124 cm³/mol. The number of hydrogen-bond acceptors (Lipinski definition) is 4. The van der Waals surface area contributed by atoms with Gasteiger partial charge in [0.15, 0.2) is 15.8 Å². The molecule has 1 N–H and O–H groups in total. The highest BCUT2D eigenvalue weighted by molar-refractivity contribution is 14.0. The molecule has 2 rings (SSSR count). The minimum absolute atomic E-state index is 0. The Morgan fingerprint density at radius 3 is 2.29 bits per heavy atom. The van der Waals surface area contributed by atoms with Crippen LogP contribution in [0.3, 0.4) is 0 Å². The van der Waals surface area contributed by atoms with Gasteiger partial charge in [0.05, 0.1) is 23.7 Å². The number of rotatable bonds is 9. The molecule has 0 amide bonds. The molecule has 28 heavy (non-hydrogen) atoms. The SMILES string of the molecule is CCNC(=NCCS(=O)(=O)c1ccccc1)N(C)CCOc1ccccc1.I. The molecule has 0 aliphatic carbocycles. The standard InChI is InChI=1S/C20H27N3O3S.HI/c1-3-21-20(23(2)15-16-26-18-10-6-4-7-11-18)22-14-17-27(24,25)19-12-8-5-9-13-19;/h4-13H,3,14-17H2,1-2H3,(H,21,22);1H. The van der Waals surface area contributed by atoms with E-state index in [4.69, 9.17) is 4.74 Å². The number of ether oxygens (including phenoxy) is 1. The average molecular weight is 517 g/mol. The quantitative estimate of drug-likeness (QED) is 0.315. The van der Waals surface area contributed by atoms with Gasteiger partial charge in [0, 0.05) is 13.6 Å². The van der Waals surface area contributed by atoms with Crippen molar-refractivity contribution in [1.82, 2.24) is 10.2 Å². The Morgan fingerprint density at radius 2 is 1.68 bits per heavy atom. The van der Waals surface area contributed by atoms with E-state index in [1.165, 1.54) is 0 Å². The highest BCUT2D eigenvalue weighted by Crippen LogP contribution is 2.10. The van der Waals surface area contributed by atoms with Crippen molar-refractivity contribution in [1.29, 1.82) is 0 Å². The molecule has 0 radical (unpaired) electrons. The van der Waals surface area contributed by atoms with Crippen molar-refractivity contribution < 1.29 is 13.2 Å². The van der Waals surface area contributed by atoms with Gasteiger partial charge in [0.25, 0.3) is 0 Å². The molecule has 8 heteroatoms. The summed E-state index contributed by atoms with van der Waals surface area (Å²) in [5.74, 6) is 1.46. The molecule has 0 unspecified atom stereocenters. The fourth-order valence-electron chi connectivity index (χ4n) is 2.41. The van der Waals surface area contributed by atoms with Gasteiger partial charge in [-0.1, -0.05) is 36.4 Å². The first kappa shape index (κ1) is 24.2. The molecule has 0 aliphatic heterocycles. The monoisotopic (exact) mass is 517 g/mol. The number of nitrogens with zero attached hydrogens (tertiary/aromatic N) is 2. The maximum Gasteiger partial charge on any atom is 0.193 e. The molecule has 0 saturated carbocycles. The van der Waals surface area contributed by atoms with E-state index in [1.807, 2.05) is 49.2 Å². The van der Waals surface area contributed by atoms with Crippen LogP contribution in [0.5, 0.6) is 5.75 Å². The Labute approximate surface area is 184 Å². The van der Waals surface area contributed by atoms with Gasteiger partial charge in [-0.25, -0.2) is 8.42 Å². The number of sulfone groups is 1. The third-order valence-corrected chi connectivity index (χ3v) is 5.57. The molecule has 0 spiro atoms. The zero-order valence-corrected chi connectivity index (χ0v) is 19.4. The molecular weight excluding hydrogens is 489 g/mol. The number of halogens is 1. The van der Waals surface area contributed by atoms with E-state index in [2.05, 4.69) is 10.3 Å². The van der Waals surface area contributed by atoms with Crippen molar-refractivity contribution in [2.24, 2.45) is 4.99 Å². The topological polar surface area (TPSA) is 71.0 Å². The molecule has 0 heterocycles. The number of likely N-dealkylation sites (N-methyl/N-ethyl adjacent to an activating group) is 1. The van der Waals surface area contributed by atoms with Crippen LogP contribution in [0.1, 0.15) is 6.92 Å². The molecule has 0 aliphatic rings. The third-order valence-electron chi connectivity index (χ3n) is 3.86. The van der Waals surface area contributed by atoms with E-state index in [1.54, 1.807) is 30.3 Å². The predicted octanol–water partition coefficient (Wildman–Crippen LogP) is 3.05. The van der Waals surface area contributed by atoms with Crippen LogP contribution < -0.4 is 10.1 Å². The van der Waals surface area contributed by atoms with Crippen molar-refractivity contribution in [3.63, 3.8) is 0 Å². The van der Waals surface area contributed by atoms with Crippen LogP contribution in [0.15, 0.2) is 70.6 Å². The maximum absolute atomic E-state index is 12.3. The van der Waals surface area contributed by atoms with Gasteiger partial charge in [-0.3, -0.25) is 4.99 Å². The van der Waals surface area contributed by atoms with Gasteiger partial charge in [-0.05, 0) is 31.2 Å². The fraction of sp³-hybridized carbons (Fsp3) is 0.350. The normalized spacial score (nSPS) is 11.4. The van der Waals surface area contributed by atoms with Gasteiger partial charge in [0.2, 0.25) is 0 Å². The molecule has 0 saturated heterocycles. The van der Waals surface area contributed by atoms with Crippen LogP contribution in [-0.4, -0.2) is 58.3 Å². The van der Waals surface area contributed by atoms with Crippen molar-refractivity contribution in [3.05, 3.63) is 60.7 Å². The van der Waals surface area contributed by atoms with Gasteiger partial charge < -0.3 is 15.0 Å². The van der Waals surface area contributed by atoms with Crippen molar-refractivity contribution >= 4 is 39.8 Å². The zero-order chi connectivity index (χ0) is 19.5. The van der Waals surface area contributed by atoms with Crippen molar-refractivity contribution in [3.8, 4) is 5.75 Å². The van der Waals surface area contributed by atoms with Gasteiger partial charge in [-0.2, -0.15) is 0 Å². The molecule has 2 aromatic rings. The summed E-state index contributed by atoms with van der Waals surface area (Å²) >= 11 is 0. The fourth-order valence-corrected chi connectivity index (χ4v) is 3.55. The highest BCUT2D eigenvalue weighted by Gasteiger charge is 2.14. The summed E-state index contributed by atoms with van der Waals surface area (Å²) in [5, 5.41) is 3.18. The number of hydrogen-bond donors (Lipinski definition) is 1. The van der Waals surface area contributed by atoms with Crippen molar-refractivity contribution in [2.45, 2.75) is 11.8 Å². The highest BCUT2D eigenvalue weighted by atomic mass is 127. The van der Waals surface area contributed by atoms with E-state index in [0.29, 0.717) is 30.6 Å². The van der Waals surface area contributed by atoms with Crippen LogP contribution in [0.4, 0.5) is 0 Å². The second kappa shape index (κ2) is 12.6. The summed E-state index contributed by atoms with van der Waals surface area (Å²) in [5.41, 5.74) is 0. The first-order chi connectivity index (χ1) is 13.0. The first-order valence-electron chi connectivity index (χ1n) is 8.98. The van der Waals surface area contributed by atoms with Gasteiger partial charge in [-0.15, -0.1) is 24.0 Å². The maximum atomic E-state index is 12.3. The Hall–Kier alpha value is -1.81. The lowest BCUT2D eigenvalue weighted by atomic mass is 10.3. The summed E-state index contributed by atoms with van der Waals surface area (Å²) in [6.45, 7) is 4.02. The summed E-state index contributed by atoms with van der Waals surface area (Å²) in [7, 11) is -1.42. The second-order valence-electron chi connectivity index (χ2n) is 5.95. The van der Waals surface area contributed by atoms with Gasteiger partial charge >= 0.3 is 0 Å². The van der Waals surface area contributed by atoms with Crippen molar-refractivity contribution in [2.75, 3.05) is 39.0 Å². The zero-order valence-electron chi connectivity index (χ0n) is 16.2. The molecule has 0 aromatic heterocycles. The number of nitrogens with one attached hydrogen (secondary N) is 1. The lowest BCUT2D eigenvalue weighted by Crippen LogP contribution is -2.41. The summed E-state index contributed by atoms with van der Waals surface area (Å²) in [4.78, 5) is 6.71. The van der Waals surface area contributed by atoms with E-state index in [9.17, 15) is 8.42 Å². The second-order valence-corrected chi connectivity index (χ2v) is 8.06. The molecule has 0 bridgehead atoms.